The lowest BCUT2D eigenvalue weighted by molar-refractivity contribution is -0.116. The fourth-order valence-corrected chi connectivity index (χ4v) is 2.20. The van der Waals surface area contributed by atoms with E-state index in [2.05, 4.69) is 10.3 Å². The highest BCUT2D eigenvalue weighted by atomic mass is 16.2. The second kappa shape index (κ2) is 5.99. The third kappa shape index (κ3) is 3.42. The van der Waals surface area contributed by atoms with Crippen LogP contribution in [0.15, 0.2) is 23.0 Å². The molecule has 1 aromatic heterocycles. The van der Waals surface area contributed by atoms with Crippen molar-refractivity contribution in [2.75, 3.05) is 5.32 Å². The molecule has 0 radical (unpaired) electrons. The van der Waals surface area contributed by atoms with E-state index < -0.39 is 0 Å². The van der Waals surface area contributed by atoms with Crippen molar-refractivity contribution < 1.29 is 4.79 Å². The van der Waals surface area contributed by atoms with Crippen LogP contribution in [0, 0.1) is 27.7 Å². The zero-order chi connectivity index (χ0) is 15.6. The smallest absolute Gasteiger partial charge is 0.325 e. The van der Waals surface area contributed by atoms with E-state index in [1.165, 1.54) is 5.56 Å². The number of amides is 1. The summed E-state index contributed by atoms with van der Waals surface area (Å²) < 4.78 is 1.59. The highest BCUT2D eigenvalue weighted by molar-refractivity contribution is 5.90. The normalized spacial score (nSPS) is 10.7. The standard InChI is InChI=1S/C16H21N3O2/c1-10-5-6-14(9-11(10)2)18-15(20)7-8-19-13(4)12(3)17-16(19)21/h5-6,9H,7-8H2,1-4H3,(H,17,21)(H,18,20). The van der Waals surface area contributed by atoms with Gasteiger partial charge in [0.25, 0.3) is 0 Å². The van der Waals surface area contributed by atoms with Gasteiger partial charge in [-0.1, -0.05) is 6.07 Å². The van der Waals surface area contributed by atoms with Gasteiger partial charge in [-0.2, -0.15) is 0 Å². The molecule has 5 heteroatoms. The van der Waals surface area contributed by atoms with Gasteiger partial charge in [-0.05, 0) is 51.0 Å². The van der Waals surface area contributed by atoms with Gasteiger partial charge >= 0.3 is 5.69 Å². The summed E-state index contributed by atoms with van der Waals surface area (Å²) in [4.78, 5) is 26.4. The Kier molecular flexibility index (Phi) is 4.31. The molecular weight excluding hydrogens is 266 g/mol. The van der Waals surface area contributed by atoms with Gasteiger partial charge in [-0.15, -0.1) is 0 Å². The SMILES string of the molecule is Cc1ccc(NC(=O)CCn2c(C)c(C)[nH]c2=O)cc1C. The van der Waals surface area contributed by atoms with E-state index >= 15 is 0 Å². The fourth-order valence-electron chi connectivity index (χ4n) is 2.20. The molecule has 0 aliphatic heterocycles. The van der Waals surface area contributed by atoms with E-state index in [1.807, 2.05) is 45.9 Å². The minimum absolute atomic E-state index is 0.0941. The molecule has 0 unspecified atom stereocenters. The largest absolute Gasteiger partial charge is 0.326 e. The number of nitrogens with one attached hydrogen (secondary N) is 2. The first-order valence-electron chi connectivity index (χ1n) is 7.01. The maximum atomic E-state index is 12.0. The molecule has 1 aromatic carbocycles. The number of aromatic nitrogens is 2. The van der Waals surface area contributed by atoms with E-state index in [4.69, 9.17) is 0 Å². The quantitative estimate of drug-likeness (QED) is 0.907. The number of aromatic amines is 1. The molecule has 0 spiro atoms. The molecule has 0 aliphatic rings. The summed E-state index contributed by atoms with van der Waals surface area (Å²) in [5, 5.41) is 2.86. The first kappa shape index (κ1) is 15.1. The van der Waals surface area contributed by atoms with E-state index in [-0.39, 0.29) is 18.0 Å². The van der Waals surface area contributed by atoms with Crippen LogP contribution in [0.4, 0.5) is 5.69 Å². The summed E-state index contributed by atoms with van der Waals surface area (Å²) >= 11 is 0. The van der Waals surface area contributed by atoms with Gasteiger partial charge in [0.2, 0.25) is 5.91 Å². The van der Waals surface area contributed by atoms with E-state index in [9.17, 15) is 9.59 Å². The molecule has 2 N–H and O–H groups in total. The number of H-pyrrole nitrogens is 1. The Labute approximate surface area is 124 Å². The van der Waals surface area contributed by atoms with Crippen LogP contribution >= 0.6 is 0 Å². The third-order valence-corrected chi connectivity index (χ3v) is 3.84. The lowest BCUT2D eigenvalue weighted by atomic mass is 10.1. The molecule has 0 fully saturated rings. The molecule has 2 rings (SSSR count). The first-order valence-corrected chi connectivity index (χ1v) is 7.01. The number of aryl methyl sites for hydroxylation is 3. The average molecular weight is 287 g/mol. The minimum atomic E-state index is -0.163. The van der Waals surface area contributed by atoms with Crippen LogP contribution < -0.4 is 11.0 Å². The Bertz CT molecular complexity index is 726. The van der Waals surface area contributed by atoms with Gasteiger partial charge < -0.3 is 10.3 Å². The molecule has 5 nitrogen and oxygen atoms in total. The zero-order valence-corrected chi connectivity index (χ0v) is 12.9. The Morgan fingerprint density at radius 2 is 1.90 bits per heavy atom. The summed E-state index contributed by atoms with van der Waals surface area (Å²) in [6, 6.07) is 5.82. The van der Waals surface area contributed by atoms with Crippen molar-refractivity contribution in [2.24, 2.45) is 0 Å². The number of nitrogens with zero attached hydrogens (tertiary/aromatic N) is 1. The van der Waals surface area contributed by atoms with E-state index in [0.717, 1.165) is 22.6 Å². The number of carbonyl (C=O) groups is 1. The lowest BCUT2D eigenvalue weighted by Gasteiger charge is -2.08. The first-order chi connectivity index (χ1) is 9.88. The van der Waals surface area contributed by atoms with E-state index in [1.54, 1.807) is 4.57 Å². The molecule has 0 aliphatic carbocycles. The summed E-state index contributed by atoms with van der Waals surface area (Å²) in [5.74, 6) is -0.0941. The van der Waals surface area contributed by atoms with Gasteiger partial charge in [-0.25, -0.2) is 4.79 Å². The van der Waals surface area contributed by atoms with Gasteiger partial charge in [0.15, 0.2) is 0 Å². The maximum Gasteiger partial charge on any atom is 0.325 e. The van der Waals surface area contributed by atoms with Crippen molar-refractivity contribution in [3.8, 4) is 0 Å². The summed E-state index contributed by atoms with van der Waals surface area (Å²) in [6.07, 6.45) is 0.269. The molecule has 0 saturated heterocycles. The van der Waals surface area contributed by atoms with Gasteiger partial charge in [0, 0.05) is 30.0 Å². The molecule has 2 aromatic rings. The lowest BCUT2D eigenvalue weighted by Crippen LogP contribution is -2.22. The molecular formula is C16H21N3O2. The van der Waals surface area contributed by atoms with Crippen molar-refractivity contribution in [1.29, 1.82) is 0 Å². The highest BCUT2D eigenvalue weighted by Crippen LogP contribution is 2.14. The minimum Gasteiger partial charge on any atom is -0.326 e. The number of imidazole rings is 1. The van der Waals surface area contributed by atoms with Gasteiger partial charge in [0.05, 0.1) is 0 Å². The number of anilines is 1. The topological polar surface area (TPSA) is 66.9 Å². The average Bonchev–Trinajstić information content (AvgIpc) is 2.66. The van der Waals surface area contributed by atoms with Gasteiger partial charge in [-0.3, -0.25) is 9.36 Å². The van der Waals surface area contributed by atoms with Crippen LogP contribution in [0.5, 0.6) is 0 Å². The second-order valence-electron chi connectivity index (χ2n) is 5.39. The van der Waals surface area contributed by atoms with Crippen molar-refractivity contribution in [1.82, 2.24) is 9.55 Å². The Balaban J connectivity index is 1.99. The van der Waals surface area contributed by atoms with Crippen LogP contribution in [0.1, 0.15) is 28.9 Å². The predicted octanol–water partition coefficient (Wildman–Crippen LogP) is 2.44. The van der Waals surface area contributed by atoms with Crippen LogP contribution in [-0.2, 0) is 11.3 Å². The van der Waals surface area contributed by atoms with Crippen molar-refractivity contribution in [3.63, 3.8) is 0 Å². The Morgan fingerprint density at radius 3 is 2.48 bits per heavy atom. The summed E-state index contributed by atoms with van der Waals surface area (Å²) in [6.45, 7) is 8.14. The highest BCUT2D eigenvalue weighted by Gasteiger charge is 2.09. The molecule has 112 valence electrons. The van der Waals surface area contributed by atoms with Crippen molar-refractivity contribution >= 4 is 11.6 Å². The maximum absolute atomic E-state index is 12.0. The van der Waals surface area contributed by atoms with Crippen molar-refractivity contribution in [2.45, 2.75) is 40.7 Å². The number of rotatable bonds is 4. The zero-order valence-electron chi connectivity index (χ0n) is 12.9. The van der Waals surface area contributed by atoms with Crippen LogP contribution in [0.3, 0.4) is 0 Å². The monoisotopic (exact) mass is 287 g/mol. The molecule has 1 heterocycles. The summed E-state index contributed by atoms with van der Waals surface area (Å²) in [5.41, 5.74) is 4.68. The molecule has 0 bridgehead atoms. The molecule has 0 saturated carbocycles. The van der Waals surface area contributed by atoms with E-state index in [0.29, 0.717) is 6.54 Å². The number of hydrogen-bond donors (Lipinski definition) is 2. The van der Waals surface area contributed by atoms with Crippen LogP contribution in [0.2, 0.25) is 0 Å². The number of carbonyl (C=O) groups excluding carboxylic acids is 1. The molecule has 21 heavy (non-hydrogen) atoms. The fraction of sp³-hybridized carbons (Fsp3) is 0.375. The predicted molar refractivity (Wildman–Crippen MR) is 83.7 cm³/mol. The second-order valence-corrected chi connectivity index (χ2v) is 5.39. The molecule has 0 atom stereocenters. The van der Waals surface area contributed by atoms with Crippen LogP contribution in [-0.4, -0.2) is 15.5 Å². The van der Waals surface area contributed by atoms with Crippen LogP contribution in [0.25, 0.3) is 0 Å². The number of hydrogen-bond acceptors (Lipinski definition) is 2. The third-order valence-electron chi connectivity index (χ3n) is 3.84. The Hall–Kier alpha value is -2.30. The van der Waals surface area contributed by atoms with Crippen molar-refractivity contribution in [3.05, 3.63) is 51.2 Å². The summed E-state index contributed by atoms with van der Waals surface area (Å²) in [7, 11) is 0. The molecule has 1 amide bonds. The number of benzene rings is 1. The van der Waals surface area contributed by atoms with Gasteiger partial charge in [0.1, 0.15) is 0 Å². The Morgan fingerprint density at radius 1 is 1.19 bits per heavy atom.